The van der Waals surface area contributed by atoms with Crippen molar-refractivity contribution in [3.05, 3.63) is 115 Å². The van der Waals surface area contributed by atoms with E-state index in [0.717, 1.165) is 138 Å². The molecule has 0 spiro atoms. The number of hydrogen-bond acceptors (Lipinski definition) is 14. The van der Waals surface area contributed by atoms with E-state index in [-0.39, 0.29) is 75.6 Å². The summed E-state index contributed by atoms with van der Waals surface area (Å²) in [5.41, 5.74) is 12.1. The number of hydrogen-bond donors (Lipinski definition) is 6. The molecule has 109 heavy (non-hydrogen) atoms. The average Bonchev–Trinajstić information content (AvgIpc) is 0.780. The van der Waals surface area contributed by atoms with Crippen molar-refractivity contribution in [2.45, 2.75) is 375 Å². The van der Waals surface area contributed by atoms with Gasteiger partial charge in [0.2, 0.25) is 11.8 Å². The number of aromatic hydroxyl groups is 4. The molecule has 0 aliphatic heterocycles. The van der Waals surface area contributed by atoms with E-state index in [4.69, 9.17) is 14.2 Å². The minimum absolute atomic E-state index is 0. The fourth-order valence-corrected chi connectivity index (χ4v) is 11.7. The number of esters is 4. The maximum atomic E-state index is 12.3. The van der Waals surface area contributed by atoms with Gasteiger partial charge in [-0.3, -0.25) is 28.8 Å². The van der Waals surface area contributed by atoms with Crippen LogP contribution in [-0.4, -0.2) is 95.6 Å². The van der Waals surface area contributed by atoms with E-state index < -0.39 is 0 Å². The Kier molecular flexibility index (Phi) is 49.1. The minimum Gasteiger partial charge on any atom is -0.507 e. The molecule has 0 aromatic heterocycles. The van der Waals surface area contributed by atoms with E-state index in [1.807, 2.05) is 46.8 Å². The molecule has 2 amide bonds. The summed E-state index contributed by atoms with van der Waals surface area (Å²) < 4.78 is 19.9. The third kappa shape index (κ3) is 42.2. The highest BCUT2D eigenvalue weighted by Gasteiger charge is 2.30. The Labute approximate surface area is 663 Å². The number of phenolic OH excluding ortho intramolecular Hbond substituents is 4. The summed E-state index contributed by atoms with van der Waals surface area (Å²) in [5.74, 6) is 1.16. The molecule has 0 aliphatic carbocycles. The second kappa shape index (κ2) is 51.5. The van der Waals surface area contributed by atoms with Crippen molar-refractivity contribution in [2.24, 2.45) is 0 Å². The molecule has 0 atom stereocenters. The molecule has 0 saturated heterocycles. The molecular formula is C93H156N2O14. The number of ether oxygens (including phenoxy) is 4. The molecule has 4 aromatic carbocycles. The van der Waals surface area contributed by atoms with E-state index in [0.29, 0.717) is 107 Å². The minimum atomic E-state index is -0.195. The standard InChI is InChI=1S/C26H44N2O3.C26H42O5.C24H34O2.C11H22O2.C5H10O2.CH4/c1-8-22(29)27-15-11-9-10-12-16-28-23(30)14-13-19-17-20(25(2,3)4)24(31)21(18-19)26(5,6)7;1-8-22(27)30-15-11-9-10-12-16-31-23(28)14-13-19-17-20(25(2,3)4)24(29)21(18-19)26(5,6)7;1-14-10-18(16(3)21(25)15(14)2)11-17-12-19(23(4,5)6)22(26)20(13-17)24(7,8)9;1-3-5-6-7-8-9-10-13-11(12)4-2;1-3-5(6)7-4-2;/h17-18,31H,8-16H2,1-7H3,(H,27,29)(H,28,30);17-18,29H,8-16H2,1-7H3;10,12-13,25-26H,11H2,1-9H3;3-10H2,1-2H3;3-4H2,1-2H3;1H4. The first-order chi connectivity index (χ1) is 50.1. The molecule has 0 saturated carbocycles. The van der Waals surface area contributed by atoms with Crippen LogP contribution in [0.1, 0.15) is 374 Å². The van der Waals surface area contributed by atoms with Crippen molar-refractivity contribution in [1.29, 1.82) is 0 Å². The van der Waals surface area contributed by atoms with Crippen molar-refractivity contribution < 1.29 is 68.1 Å². The molecule has 0 aliphatic rings. The zero-order chi connectivity index (χ0) is 83.0. The number of benzene rings is 4. The Hall–Kier alpha value is -7.10. The lowest BCUT2D eigenvalue weighted by atomic mass is 9.77. The van der Waals surface area contributed by atoms with Gasteiger partial charge in [0.1, 0.15) is 23.0 Å². The van der Waals surface area contributed by atoms with Crippen LogP contribution < -0.4 is 10.6 Å². The Bertz CT molecular complexity index is 3120. The van der Waals surface area contributed by atoms with Gasteiger partial charge in [0.15, 0.2) is 0 Å². The van der Waals surface area contributed by atoms with Crippen LogP contribution in [0.25, 0.3) is 0 Å². The highest BCUT2D eigenvalue weighted by Crippen LogP contribution is 2.43. The van der Waals surface area contributed by atoms with Crippen molar-refractivity contribution in [3.8, 4) is 23.0 Å². The second-order valence-electron chi connectivity index (χ2n) is 34.9. The molecular weight excluding hydrogens is 1370 g/mol. The fourth-order valence-electron chi connectivity index (χ4n) is 11.7. The van der Waals surface area contributed by atoms with Crippen LogP contribution >= 0.6 is 0 Å². The molecule has 0 unspecified atom stereocenters. The normalized spacial score (nSPS) is 11.5. The van der Waals surface area contributed by atoms with Crippen LogP contribution in [0.3, 0.4) is 0 Å². The monoisotopic (exact) mass is 1530 g/mol. The number of unbranched alkanes of at least 4 members (excludes halogenated alkanes) is 11. The maximum Gasteiger partial charge on any atom is 0.306 e. The van der Waals surface area contributed by atoms with E-state index in [1.165, 1.54) is 37.7 Å². The van der Waals surface area contributed by atoms with Crippen LogP contribution in [0, 0.1) is 20.8 Å². The third-order valence-corrected chi connectivity index (χ3v) is 18.8. The zero-order valence-electron chi connectivity index (χ0n) is 72.9. The SMILES string of the molecule is C.CCC(=O)NCCCCCCNC(=O)CCc1cc(C(C)(C)C)c(O)c(C(C)(C)C)c1.CCC(=O)OCCCCCCOC(=O)CCc1cc(C(C)(C)C)c(O)c(C(C)(C)C)c1.CCCCCCCCOC(=O)CC.CCOC(=O)CC.Cc1cc(Cc2cc(C(C)(C)C)c(O)c(C(C)(C)C)c2)c(C)c(O)c1C. The Balaban J connectivity index is 0. The number of rotatable bonds is 34. The second-order valence-corrected chi connectivity index (χ2v) is 34.9. The summed E-state index contributed by atoms with van der Waals surface area (Å²) in [5, 5.41) is 48.8. The molecule has 0 radical (unpaired) electrons. The van der Waals surface area contributed by atoms with Gasteiger partial charge in [-0.25, -0.2) is 0 Å². The molecule has 0 fully saturated rings. The van der Waals surface area contributed by atoms with Gasteiger partial charge in [-0.2, -0.15) is 0 Å². The molecule has 16 nitrogen and oxygen atoms in total. The van der Waals surface area contributed by atoms with Crippen molar-refractivity contribution >= 4 is 35.7 Å². The summed E-state index contributed by atoms with van der Waals surface area (Å²) in [6.45, 7) is 58.5. The molecule has 16 heteroatoms. The van der Waals surface area contributed by atoms with Gasteiger partial charge in [0.05, 0.1) is 26.4 Å². The Morgan fingerprint density at radius 1 is 0.339 bits per heavy atom. The van der Waals surface area contributed by atoms with Crippen LogP contribution in [0.4, 0.5) is 0 Å². The van der Waals surface area contributed by atoms with E-state index in [9.17, 15) is 49.2 Å². The molecule has 622 valence electrons. The molecule has 4 aromatic rings. The number of carbonyl (C=O) groups excluding carboxylic acids is 6. The van der Waals surface area contributed by atoms with Gasteiger partial charge in [0.25, 0.3) is 0 Å². The summed E-state index contributed by atoms with van der Waals surface area (Å²) in [4.78, 5) is 67.6. The molecule has 0 heterocycles. The number of aryl methyl sites for hydroxylation is 3. The number of carbonyl (C=O) groups is 6. The van der Waals surface area contributed by atoms with Gasteiger partial charge in [0, 0.05) is 51.6 Å². The Morgan fingerprint density at radius 3 is 0.963 bits per heavy atom. The number of nitrogens with one attached hydrogen (secondary N) is 2. The molecule has 4 rings (SSSR count). The largest absolute Gasteiger partial charge is 0.507 e. The maximum absolute atomic E-state index is 12.3. The highest BCUT2D eigenvalue weighted by atomic mass is 16.5. The van der Waals surface area contributed by atoms with Gasteiger partial charge < -0.3 is 50.0 Å². The smallest absolute Gasteiger partial charge is 0.306 e. The topological polar surface area (TPSA) is 244 Å². The molecule has 6 N–H and O–H groups in total. The Morgan fingerprint density at radius 2 is 0.642 bits per heavy atom. The van der Waals surface area contributed by atoms with Crippen LogP contribution in [0.2, 0.25) is 0 Å². The predicted molar refractivity (Wildman–Crippen MR) is 452 cm³/mol. The first kappa shape index (κ1) is 104. The summed E-state index contributed by atoms with van der Waals surface area (Å²) >= 11 is 0. The lowest BCUT2D eigenvalue weighted by molar-refractivity contribution is -0.144. The quantitative estimate of drug-likeness (QED) is 0.0145. The zero-order valence-corrected chi connectivity index (χ0v) is 72.9. The first-order valence-electron chi connectivity index (χ1n) is 40.6. The van der Waals surface area contributed by atoms with E-state index in [2.05, 4.69) is 177 Å². The van der Waals surface area contributed by atoms with Crippen LogP contribution in [0.15, 0.2) is 42.5 Å². The van der Waals surface area contributed by atoms with Crippen molar-refractivity contribution in [1.82, 2.24) is 10.6 Å². The lowest BCUT2D eigenvalue weighted by Gasteiger charge is -2.28. The van der Waals surface area contributed by atoms with Gasteiger partial charge in [-0.05, 0) is 197 Å². The average molecular weight is 1530 g/mol. The van der Waals surface area contributed by atoms with Crippen LogP contribution in [0.5, 0.6) is 23.0 Å². The molecule has 0 bridgehead atoms. The number of amides is 2. The highest BCUT2D eigenvalue weighted by molar-refractivity contribution is 5.76. The van der Waals surface area contributed by atoms with Gasteiger partial charge in [-0.15, -0.1) is 0 Å². The first-order valence-corrected chi connectivity index (χ1v) is 40.6. The predicted octanol–water partition coefficient (Wildman–Crippen LogP) is 22.2. The van der Waals surface area contributed by atoms with Crippen molar-refractivity contribution in [2.75, 3.05) is 39.5 Å². The number of phenols is 4. The van der Waals surface area contributed by atoms with E-state index in [1.54, 1.807) is 20.8 Å². The van der Waals surface area contributed by atoms with Gasteiger partial charge in [-0.1, -0.05) is 254 Å². The summed E-state index contributed by atoms with van der Waals surface area (Å²) in [6, 6.07) is 14.5. The third-order valence-electron chi connectivity index (χ3n) is 18.8. The fraction of sp³-hybridized carbons (Fsp3) is 0.677. The van der Waals surface area contributed by atoms with Crippen molar-refractivity contribution in [3.63, 3.8) is 0 Å². The summed E-state index contributed by atoms with van der Waals surface area (Å²) in [7, 11) is 0. The van der Waals surface area contributed by atoms with Crippen LogP contribution in [-0.2, 0) is 99.5 Å². The summed E-state index contributed by atoms with van der Waals surface area (Å²) in [6.07, 6.45) is 19.7. The lowest BCUT2D eigenvalue weighted by Crippen LogP contribution is -2.25. The van der Waals surface area contributed by atoms with Gasteiger partial charge >= 0.3 is 23.9 Å². The van der Waals surface area contributed by atoms with E-state index >= 15 is 0 Å².